The third-order valence-corrected chi connectivity index (χ3v) is 6.27. The van der Waals surface area contributed by atoms with Crippen LogP contribution in [0.4, 0.5) is 30.7 Å². The molecule has 0 unspecified atom stereocenters. The lowest BCUT2D eigenvalue weighted by molar-refractivity contribution is -0.276. The minimum absolute atomic E-state index is 0.00301. The Morgan fingerprint density at radius 2 is 1.22 bits per heavy atom. The van der Waals surface area contributed by atoms with Crippen LogP contribution >= 0.6 is 0 Å². The average molecular weight is 520 g/mol. The first kappa shape index (κ1) is 26.5. The second kappa shape index (κ2) is 10.8. The van der Waals surface area contributed by atoms with Crippen molar-refractivity contribution in [1.29, 1.82) is 0 Å². The Balaban J connectivity index is 1.46. The van der Waals surface area contributed by atoms with Crippen molar-refractivity contribution < 1.29 is 35.5 Å². The van der Waals surface area contributed by atoms with E-state index < -0.39 is 29.6 Å². The summed E-state index contributed by atoms with van der Waals surface area (Å²) in [4.78, 5) is 0. The Morgan fingerprint density at radius 1 is 0.622 bits per heavy atom. The summed E-state index contributed by atoms with van der Waals surface area (Å²) in [5.74, 6) is -5.22. The fourth-order valence-electron chi connectivity index (χ4n) is 4.28. The number of aryl methyl sites for hydroxylation is 5. The lowest BCUT2D eigenvalue weighted by Crippen LogP contribution is -2.19. The van der Waals surface area contributed by atoms with Crippen LogP contribution < -0.4 is 4.74 Å². The molecule has 4 aromatic carbocycles. The number of hydrogen-bond donors (Lipinski definition) is 0. The monoisotopic (exact) mass is 520 g/mol. The first-order valence-corrected chi connectivity index (χ1v) is 11.7. The Kier molecular flexibility index (Phi) is 7.76. The number of hydrogen-bond acceptors (Lipinski definition) is 1. The SMILES string of the molecule is CCc1ccc(CCc2ccc3c(F)c(CCc4cc(F)c(OC(F)(F)F)c(F)c4)ccc3c2)c(F)c1. The second-order valence-corrected chi connectivity index (χ2v) is 8.81. The second-order valence-electron chi connectivity index (χ2n) is 8.81. The molecule has 0 saturated heterocycles. The van der Waals surface area contributed by atoms with Crippen LogP contribution in [0.25, 0.3) is 10.8 Å². The summed E-state index contributed by atoms with van der Waals surface area (Å²) in [6.45, 7) is 1.96. The zero-order chi connectivity index (χ0) is 26.7. The summed E-state index contributed by atoms with van der Waals surface area (Å²) in [5.41, 5.74) is 2.84. The average Bonchev–Trinajstić information content (AvgIpc) is 2.84. The predicted molar refractivity (Wildman–Crippen MR) is 128 cm³/mol. The van der Waals surface area contributed by atoms with Gasteiger partial charge in [-0.25, -0.2) is 17.6 Å². The van der Waals surface area contributed by atoms with Crippen molar-refractivity contribution in [2.75, 3.05) is 0 Å². The van der Waals surface area contributed by atoms with Crippen molar-refractivity contribution in [3.8, 4) is 5.75 Å². The Labute approximate surface area is 209 Å². The molecule has 0 saturated carbocycles. The maximum Gasteiger partial charge on any atom is 0.573 e. The van der Waals surface area contributed by atoms with Crippen molar-refractivity contribution in [3.63, 3.8) is 0 Å². The van der Waals surface area contributed by atoms with Gasteiger partial charge < -0.3 is 4.74 Å². The maximum atomic E-state index is 15.1. The molecule has 194 valence electrons. The van der Waals surface area contributed by atoms with Gasteiger partial charge in [0.15, 0.2) is 11.6 Å². The molecule has 4 rings (SSSR count). The largest absolute Gasteiger partial charge is 0.573 e. The molecule has 0 aliphatic rings. The topological polar surface area (TPSA) is 9.23 Å². The van der Waals surface area contributed by atoms with Crippen LogP contribution in [-0.2, 0) is 32.1 Å². The molecule has 0 amide bonds. The number of fused-ring (bicyclic) bond motifs is 1. The Morgan fingerprint density at radius 3 is 1.86 bits per heavy atom. The molecule has 0 aliphatic carbocycles. The van der Waals surface area contributed by atoms with Gasteiger partial charge in [0.1, 0.15) is 11.6 Å². The summed E-state index contributed by atoms with van der Waals surface area (Å²) >= 11 is 0. The predicted octanol–water partition coefficient (Wildman–Crippen LogP) is 8.43. The molecule has 1 nitrogen and oxygen atoms in total. The normalized spacial score (nSPS) is 11.8. The van der Waals surface area contributed by atoms with Crippen LogP contribution in [0.3, 0.4) is 0 Å². The number of alkyl halides is 3. The van der Waals surface area contributed by atoms with E-state index in [0.29, 0.717) is 34.7 Å². The molecule has 0 aromatic heterocycles. The molecule has 0 radical (unpaired) electrons. The maximum absolute atomic E-state index is 15.1. The van der Waals surface area contributed by atoms with Gasteiger partial charge in [-0.05, 0) is 83.5 Å². The summed E-state index contributed by atoms with van der Waals surface area (Å²) in [7, 11) is 0. The van der Waals surface area contributed by atoms with Gasteiger partial charge in [0.25, 0.3) is 0 Å². The van der Waals surface area contributed by atoms with Crippen LogP contribution in [0.2, 0.25) is 0 Å². The Hall–Kier alpha value is -3.55. The number of ether oxygens (including phenoxy) is 1. The summed E-state index contributed by atoms with van der Waals surface area (Å²) < 4.78 is 97.7. The van der Waals surface area contributed by atoms with Crippen LogP contribution in [-0.4, -0.2) is 6.36 Å². The molecule has 37 heavy (non-hydrogen) atoms. The third kappa shape index (κ3) is 6.42. The van der Waals surface area contributed by atoms with Crippen LogP contribution in [0.1, 0.15) is 34.7 Å². The van der Waals surface area contributed by atoms with Gasteiger partial charge in [0.2, 0.25) is 5.75 Å². The lowest BCUT2D eigenvalue weighted by atomic mass is 9.97. The van der Waals surface area contributed by atoms with E-state index in [1.54, 1.807) is 36.4 Å². The fourth-order valence-corrected chi connectivity index (χ4v) is 4.28. The zero-order valence-corrected chi connectivity index (χ0v) is 19.9. The fraction of sp³-hybridized carbons (Fsp3) is 0.241. The van der Waals surface area contributed by atoms with Crippen molar-refractivity contribution in [2.24, 2.45) is 0 Å². The standard InChI is InChI=1S/C29H23F7O/c1-2-17-3-7-20(24(30)14-17)8-4-18-6-12-23-22(13-18)11-10-21(27(23)33)9-5-19-15-25(31)28(26(32)16-19)37-29(34,35)36/h3,6-7,10-16H,2,4-5,8-9H2,1H3. The van der Waals surface area contributed by atoms with E-state index in [1.807, 2.05) is 19.1 Å². The van der Waals surface area contributed by atoms with Crippen molar-refractivity contribution in [3.05, 3.63) is 112 Å². The van der Waals surface area contributed by atoms with E-state index in [1.165, 1.54) is 0 Å². The molecule has 0 bridgehead atoms. The van der Waals surface area contributed by atoms with Crippen LogP contribution in [0, 0.1) is 23.3 Å². The quantitative estimate of drug-likeness (QED) is 0.212. The van der Waals surface area contributed by atoms with Gasteiger partial charge >= 0.3 is 6.36 Å². The lowest BCUT2D eigenvalue weighted by Gasteiger charge is -2.12. The van der Waals surface area contributed by atoms with E-state index >= 15 is 4.39 Å². The van der Waals surface area contributed by atoms with Gasteiger partial charge in [0, 0.05) is 5.39 Å². The molecule has 0 heterocycles. The molecule has 0 N–H and O–H groups in total. The minimum atomic E-state index is -5.23. The molecule has 8 heteroatoms. The molecule has 0 spiro atoms. The highest BCUT2D eigenvalue weighted by molar-refractivity contribution is 5.84. The van der Waals surface area contributed by atoms with Crippen molar-refractivity contribution in [1.82, 2.24) is 0 Å². The summed E-state index contributed by atoms with van der Waals surface area (Å²) in [5, 5.41) is 1.03. The van der Waals surface area contributed by atoms with Gasteiger partial charge in [-0.3, -0.25) is 0 Å². The number of benzene rings is 4. The molecule has 4 aromatic rings. The number of halogens is 7. The zero-order valence-electron chi connectivity index (χ0n) is 19.9. The van der Waals surface area contributed by atoms with Crippen LogP contribution in [0.15, 0.2) is 60.7 Å². The van der Waals surface area contributed by atoms with Gasteiger partial charge in [-0.2, -0.15) is 0 Å². The van der Waals surface area contributed by atoms with E-state index in [2.05, 4.69) is 4.74 Å². The Bertz CT molecular complexity index is 1400. The highest BCUT2D eigenvalue weighted by atomic mass is 19.4. The minimum Gasteiger partial charge on any atom is -0.399 e. The number of rotatable bonds is 8. The molecule has 0 fully saturated rings. The van der Waals surface area contributed by atoms with Gasteiger partial charge in [-0.1, -0.05) is 49.4 Å². The summed E-state index contributed by atoms with van der Waals surface area (Å²) in [6, 6.07) is 15.3. The molecule has 0 atom stereocenters. The van der Waals surface area contributed by atoms with E-state index in [0.717, 1.165) is 29.7 Å². The van der Waals surface area contributed by atoms with E-state index in [4.69, 9.17) is 0 Å². The highest BCUT2D eigenvalue weighted by Crippen LogP contribution is 2.30. The molecular weight excluding hydrogens is 497 g/mol. The van der Waals surface area contributed by atoms with E-state index in [9.17, 15) is 26.3 Å². The first-order valence-electron chi connectivity index (χ1n) is 11.7. The first-order chi connectivity index (χ1) is 17.5. The van der Waals surface area contributed by atoms with Gasteiger partial charge in [0.05, 0.1) is 0 Å². The van der Waals surface area contributed by atoms with Gasteiger partial charge in [-0.15, -0.1) is 13.2 Å². The molecular formula is C29H23F7O. The smallest absolute Gasteiger partial charge is 0.399 e. The van der Waals surface area contributed by atoms with Crippen LogP contribution in [0.5, 0.6) is 5.75 Å². The van der Waals surface area contributed by atoms with E-state index in [-0.39, 0.29) is 24.2 Å². The summed E-state index contributed by atoms with van der Waals surface area (Å²) in [6.07, 6.45) is -3.31. The van der Waals surface area contributed by atoms with Crippen molar-refractivity contribution in [2.45, 2.75) is 45.4 Å². The third-order valence-electron chi connectivity index (χ3n) is 6.27. The molecule has 0 aliphatic heterocycles. The van der Waals surface area contributed by atoms with Crippen molar-refractivity contribution >= 4 is 10.8 Å². The highest BCUT2D eigenvalue weighted by Gasteiger charge is 2.34.